The van der Waals surface area contributed by atoms with E-state index in [1.165, 1.54) is 0 Å². The van der Waals surface area contributed by atoms with Crippen molar-refractivity contribution >= 4 is 18.3 Å². The fraction of sp³-hybridized carbons (Fsp3) is 1.00. The van der Waals surface area contributed by atoms with Crippen LogP contribution in [0.1, 0.15) is 0 Å². The lowest BCUT2D eigenvalue weighted by Gasteiger charge is -2.12. The summed E-state index contributed by atoms with van der Waals surface area (Å²) >= 11 is 4.66. The summed E-state index contributed by atoms with van der Waals surface area (Å²) in [5.74, 6) is 0. The Balaban J connectivity index is 3.30. The highest BCUT2D eigenvalue weighted by atomic mass is 32.5. The molecule has 0 rings (SSSR count). The predicted octanol–water partition coefficient (Wildman–Crippen LogP) is 0.496. The molecule has 1 N–H and O–H groups in total. The first-order chi connectivity index (χ1) is 4.42. The Morgan fingerprint density at radius 3 is 2.40 bits per heavy atom. The lowest BCUT2D eigenvalue weighted by Crippen LogP contribution is -2.17. The molecule has 1 unspecified atom stereocenters. The first-order valence-electron chi connectivity index (χ1n) is 3.01. The molecule has 10 heavy (non-hydrogen) atoms. The molecule has 3 nitrogen and oxygen atoms in total. The Morgan fingerprint density at radius 1 is 1.60 bits per heavy atom. The molecule has 0 aromatic rings. The van der Waals surface area contributed by atoms with Gasteiger partial charge in [-0.3, -0.25) is 0 Å². The first-order valence-corrected chi connectivity index (χ1v) is 6.13. The topological polar surface area (TPSA) is 32.7 Å². The van der Waals surface area contributed by atoms with Crippen LogP contribution in [0.2, 0.25) is 0 Å². The number of nitrogens with zero attached hydrogens (tertiary/aromatic N) is 1. The van der Waals surface area contributed by atoms with Gasteiger partial charge in [-0.25, -0.2) is 0 Å². The average Bonchev–Trinajstić information content (AvgIpc) is 1.59. The van der Waals surface area contributed by atoms with Gasteiger partial charge in [-0.15, -0.1) is 0 Å². The molecule has 0 aliphatic carbocycles. The zero-order valence-corrected chi connectivity index (χ0v) is 8.28. The third-order valence-electron chi connectivity index (χ3n) is 0.869. The molecule has 0 aliphatic rings. The molecule has 62 valence electrons. The van der Waals surface area contributed by atoms with E-state index in [0.29, 0.717) is 6.61 Å². The Kier molecular flexibility index (Phi) is 4.65. The quantitative estimate of drug-likeness (QED) is 0.643. The molecule has 0 aromatic carbocycles. The van der Waals surface area contributed by atoms with Crippen LogP contribution >= 0.6 is 6.49 Å². The second-order valence-electron chi connectivity index (χ2n) is 2.44. The maximum atomic E-state index is 9.02. The van der Waals surface area contributed by atoms with Crippen molar-refractivity contribution in [3.05, 3.63) is 0 Å². The summed E-state index contributed by atoms with van der Waals surface area (Å²) in [6.07, 6.45) is 0. The van der Waals surface area contributed by atoms with Gasteiger partial charge in [-0.05, 0) is 25.9 Å². The minimum Gasteiger partial charge on any atom is -0.345 e. The standard InChI is InChI=1S/C5H14NO2PS/c1-6(2)4-5-8-9(3,7)10/h4-5H2,1-3H3,(H,7,10). The van der Waals surface area contributed by atoms with E-state index in [-0.39, 0.29) is 0 Å². The summed E-state index contributed by atoms with van der Waals surface area (Å²) in [4.78, 5) is 11.0. The van der Waals surface area contributed by atoms with Crippen molar-refractivity contribution in [1.82, 2.24) is 4.90 Å². The summed E-state index contributed by atoms with van der Waals surface area (Å²) in [7, 11) is 3.89. The Bertz CT molecular complexity index is 134. The van der Waals surface area contributed by atoms with Crippen molar-refractivity contribution in [3.63, 3.8) is 0 Å². The summed E-state index contributed by atoms with van der Waals surface area (Å²) < 4.78 is 4.98. The maximum Gasteiger partial charge on any atom is 0.183 e. The average molecular weight is 183 g/mol. The first kappa shape index (κ1) is 10.5. The highest BCUT2D eigenvalue weighted by Gasteiger charge is 2.03. The van der Waals surface area contributed by atoms with Gasteiger partial charge in [0.05, 0.1) is 6.61 Å². The molecule has 0 aliphatic heterocycles. The van der Waals surface area contributed by atoms with Crippen molar-refractivity contribution in [2.24, 2.45) is 0 Å². The summed E-state index contributed by atoms with van der Waals surface area (Å²) in [5, 5.41) is 0. The Hall–Kier alpha value is 0.530. The lowest BCUT2D eigenvalue weighted by atomic mass is 10.6. The van der Waals surface area contributed by atoms with Gasteiger partial charge in [0.25, 0.3) is 0 Å². The molecule has 0 spiro atoms. The van der Waals surface area contributed by atoms with Crippen LogP contribution in [0.3, 0.4) is 0 Å². The molecular weight excluding hydrogens is 169 g/mol. The minimum atomic E-state index is -2.42. The molecular formula is C5H14NO2PS. The van der Waals surface area contributed by atoms with E-state index >= 15 is 0 Å². The van der Waals surface area contributed by atoms with E-state index in [1.54, 1.807) is 6.66 Å². The van der Waals surface area contributed by atoms with Crippen molar-refractivity contribution in [2.45, 2.75) is 0 Å². The number of hydrogen-bond acceptors (Lipinski definition) is 3. The van der Waals surface area contributed by atoms with Crippen LogP contribution in [-0.4, -0.2) is 43.7 Å². The van der Waals surface area contributed by atoms with E-state index in [4.69, 9.17) is 9.42 Å². The van der Waals surface area contributed by atoms with Gasteiger partial charge in [0.15, 0.2) is 6.49 Å². The molecule has 5 heteroatoms. The molecule has 1 atom stereocenters. The van der Waals surface area contributed by atoms with Gasteiger partial charge in [0.1, 0.15) is 0 Å². The largest absolute Gasteiger partial charge is 0.345 e. The highest BCUT2D eigenvalue weighted by molar-refractivity contribution is 8.09. The van der Waals surface area contributed by atoms with E-state index in [1.807, 2.05) is 19.0 Å². The van der Waals surface area contributed by atoms with Crippen LogP contribution < -0.4 is 0 Å². The van der Waals surface area contributed by atoms with Gasteiger partial charge in [0, 0.05) is 13.2 Å². The van der Waals surface area contributed by atoms with Gasteiger partial charge in [-0.1, -0.05) is 0 Å². The van der Waals surface area contributed by atoms with Gasteiger partial charge < -0.3 is 14.3 Å². The predicted molar refractivity (Wildman–Crippen MR) is 46.9 cm³/mol. The third-order valence-corrected chi connectivity index (χ3v) is 1.85. The van der Waals surface area contributed by atoms with Gasteiger partial charge in [0.2, 0.25) is 0 Å². The van der Waals surface area contributed by atoms with Crippen molar-refractivity contribution in [3.8, 4) is 0 Å². The normalized spacial score (nSPS) is 17.3. The number of likely N-dealkylation sites (N-methyl/N-ethyl adjacent to an activating group) is 1. The van der Waals surface area contributed by atoms with Crippen LogP contribution in [0.25, 0.3) is 0 Å². The minimum absolute atomic E-state index is 0.511. The van der Waals surface area contributed by atoms with Gasteiger partial charge >= 0.3 is 0 Å². The van der Waals surface area contributed by atoms with Crippen LogP contribution in [0.4, 0.5) is 0 Å². The summed E-state index contributed by atoms with van der Waals surface area (Å²) in [6.45, 7) is 0.448. The molecule has 0 saturated carbocycles. The van der Waals surface area contributed by atoms with Crippen molar-refractivity contribution in [2.75, 3.05) is 33.9 Å². The summed E-state index contributed by atoms with van der Waals surface area (Å²) in [6, 6.07) is 0. The van der Waals surface area contributed by atoms with Crippen LogP contribution in [0, 0.1) is 0 Å². The lowest BCUT2D eigenvalue weighted by molar-refractivity contribution is 0.260. The Morgan fingerprint density at radius 2 is 2.10 bits per heavy atom. The molecule has 0 aromatic heterocycles. The van der Waals surface area contributed by atoms with Crippen LogP contribution in [0.15, 0.2) is 0 Å². The summed E-state index contributed by atoms with van der Waals surface area (Å²) in [5.41, 5.74) is 0. The Labute approximate surface area is 67.2 Å². The molecule has 0 amide bonds. The van der Waals surface area contributed by atoms with E-state index in [0.717, 1.165) is 6.54 Å². The second kappa shape index (κ2) is 4.42. The molecule has 0 saturated heterocycles. The van der Waals surface area contributed by atoms with E-state index < -0.39 is 6.49 Å². The molecule has 0 fully saturated rings. The van der Waals surface area contributed by atoms with Crippen LogP contribution in [-0.2, 0) is 16.3 Å². The third kappa shape index (κ3) is 8.53. The molecule has 0 radical (unpaired) electrons. The van der Waals surface area contributed by atoms with Crippen LogP contribution in [0.5, 0.6) is 0 Å². The zero-order valence-electron chi connectivity index (χ0n) is 6.57. The van der Waals surface area contributed by atoms with Crippen molar-refractivity contribution < 1.29 is 9.42 Å². The SMILES string of the molecule is CN(C)CCOP(C)(O)=S. The van der Waals surface area contributed by atoms with Crippen molar-refractivity contribution in [1.29, 1.82) is 0 Å². The molecule has 0 bridgehead atoms. The monoisotopic (exact) mass is 183 g/mol. The fourth-order valence-corrected chi connectivity index (χ4v) is 1.04. The van der Waals surface area contributed by atoms with E-state index in [9.17, 15) is 0 Å². The molecule has 0 heterocycles. The smallest absolute Gasteiger partial charge is 0.183 e. The zero-order chi connectivity index (χ0) is 8.20. The highest BCUT2D eigenvalue weighted by Crippen LogP contribution is 2.36. The maximum absolute atomic E-state index is 9.02. The number of rotatable bonds is 4. The van der Waals surface area contributed by atoms with E-state index in [2.05, 4.69) is 11.8 Å². The fourth-order valence-electron chi connectivity index (χ4n) is 0.393. The number of hydrogen-bond donors (Lipinski definition) is 1. The second-order valence-corrected chi connectivity index (χ2v) is 6.34. The van der Waals surface area contributed by atoms with Gasteiger partial charge in [-0.2, -0.15) is 0 Å².